The average Bonchev–Trinajstić information content (AvgIpc) is 2.27. The Morgan fingerprint density at radius 3 is 2.33 bits per heavy atom. The molecule has 4 fully saturated rings. The van der Waals surface area contributed by atoms with Crippen LogP contribution in [-0.4, -0.2) is 42.2 Å². The third-order valence-electron chi connectivity index (χ3n) is 5.46. The minimum atomic E-state index is 0. The van der Waals surface area contributed by atoms with Gasteiger partial charge in [0.1, 0.15) is 13.2 Å². The number of quaternary nitrogens is 1. The zero-order valence-electron chi connectivity index (χ0n) is 12.9. The average molecular weight is 416 g/mol. The van der Waals surface area contributed by atoms with Crippen LogP contribution in [0.1, 0.15) is 25.8 Å². The second-order valence-electron chi connectivity index (χ2n) is 8.33. The lowest BCUT2D eigenvalue weighted by atomic mass is 9.63. The van der Waals surface area contributed by atoms with Crippen molar-refractivity contribution in [3.05, 3.63) is 34.3 Å². The largest absolute Gasteiger partial charge is 1.00 e. The molecule has 116 valence electrons. The fraction of sp³-hybridized carbons (Fsp3) is 0.647. The van der Waals surface area contributed by atoms with Crippen molar-refractivity contribution in [2.45, 2.75) is 26.8 Å². The highest BCUT2D eigenvalue weighted by molar-refractivity contribution is 9.10. The standard InChI is InChI=1S/C17H24BrN2.BrH/c1-16-8-17(2)10-19(9-16)13-20(11-16,12-17)7-14-5-3-4-6-15(14)18;/h3-6H,7-13H2,1-2H3;1H/q+1;/p-1. The summed E-state index contributed by atoms with van der Waals surface area (Å²) < 4.78 is 2.55. The first-order valence-corrected chi connectivity index (χ1v) is 8.50. The lowest BCUT2D eigenvalue weighted by Gasteiger charge is -2.66. The van der Waals surface area contributed by atoms with Gasteiger partial charge in [-0.3, -0.25) is 4.90 Å². The van der Waals surface area contributed by atoms with E-state index >= 15 is 0 Å². The summed E-state index contributed by atoms with van der Waals surface area (Å²) in [6.07, 6.45) is 1.42. The van der Waals surface area contributed by atoms with Crippen LogP contribution in [0.4, 0.5) is 0 Å². The van der Waals surface area contributed by atoms with E-state index in [1.807, 2.05) is 0 Å². The maximum absolute atomic E-state index is 3.74. The summed E-state index contributed by atoms with van der Waals surface area (Å²) >= 11 is 3.74. The van der Waals surface area contributed by atoms with E-state index in [1.54, 1.807) is 0 Å². The molecule has 0 aromatic heterocycles. The summed E-state index contributed by atoms with van der Waals surface area (Å²) in [5.41, 5.74) is 2.54. The molecule has 0 N–H and O–H groups in total. The van der Waals surface area contributed by atoms with Gasteiger partial charge < -0.3 is 21.5 Å². The molecule has 2 nitrogen and oxygen atoms in total. The second-order valence-corrected chi connectivity index (χ2v) is 9.19. The molecule has 4 aliphatic heterocycles. The van der Waals surface area contributed by atoms with Gasteiger partial charge in [0.2, 0.25) is 0 Å². The van der Waals surface area contributed by atoms with Crippen molar-refractivity contribution >= 4 is 15.9 Å². The van der Waals surface area contributed by atoms with Crippen molar-refractivity contribution in [1.82, 2.24) is 4.90 Å². The Morgan fingerprint density at radius 1 is 1.14 bits per heavy atom. The van der Waals surface area contributed by atoms with Crippen molar-refractivity contribution in [2.24, 2.45) is 10.8 Å². The van der Waals surface area contributed by atoms with Crippen LogP contribution in [0.15, 0.2) is 28.7 Å². The number of benzene rings is 1. The molecule has 21 heavy (non-hydrogen) atoms. The van der Waals surface area contributed by atoms with E-state index in [-0.39, 0.29) is 17.0 Å². The first-order chi connectivity index (χ1) is 9.40. The quantitative estimate of drug-likeness (QED) is 0.635. The minimum Gasteiger partial charge on any atom is -1.00 e. The van der Waals surface area contributed by atoms with Gasteiger partial charge >= 0.3 is 0 Å². The smallest absolute Gasteiger partial charge is 0.135 e. The molecule has 0 aliphatic carbocycles. The SMILES string of the molecule is CC12CN3CC(C)(C1)C[N+](Cc1ccccc1Br)(C3)C2.[Br-]. The maximum Gasteiger partial charge on any atom is 0.135 e. The number of nitrogens with zero attached hydrogens (tertiary/aromatic N) is 2. The lowest BCUT2D eigenvalue weighted by molar-refractivity contribution is -0.981. The topological polar surface area (TPSA) is 3.24 Å². The monoisotopic (exact) mass is 414 g/mol. The van der Waals surface area contributed by atoms with Gasteiger partial charge in [-0.2, -0.15) is 0 Å². The molecule has 1 aromatic carbocycles. The van der Waals surface area contributed by atoms with Crippen molar-refractivity contribution < 1.29 is 21.5 Å². The van der Waals surface area contributed by atoms with Gasteiger partial charge in [0.05, 0.1) is 13.1 Å². The van der Waals surface area contributed by atoms with Gasteiger partial charge in [0.25, 0.3) is 0 Å². The van der Waals surface area contributed by atoms with E-state index in [0.29, 0.717) is 10.8 Å². The van der Waals surface area contributed by atoms with Crippen LogP contribution in [0.3, 0.4) is 0 Å². The summed E-state index contributed by atoms with van der Waals surface area (Å²) in [5, 5.41) is 0. The third kappa shape index (κ3) is 2.73. The van der Waals surface area contributed by atoms with Gasteiger partial charge in [0, 0.05) is 34.0 Å². The number of halogens is 2. The first-order valence-electron chi connectivity index (χ1n) is 7.70. The van der Waals surface area contributed by atoms with Crippen LogP contribution in [0.2, 0.25) is 0 Å². The molecule has 0 saturated carbocycles. The Bertz CT molecular complexity index is 541. The van der Waals surface area contributed by atoms with Crippen LogP contribution in [0.25, 0.3) is 0 Å². The summed E-state index contributed by atoms with van der Waals surface area (Å²) in [6, 6.07) is 8.77. The Morgan fingerprint density at radius 2 is 1.76 bits per heavy atom. The van der Waals surface area contributed by atoms with Crippen LogP contribution in [-0.2, 0) is 6.54 Å². The summed E-state index contributed by atoms with van der Waals surface area (Å²) in [6.45, 7) is 12.8. The zero-order valence-corrected chi connectivity index (χ0v) is 16.1. The normalized spacial score (nSPS) is 43.7. The Labute approximate surface area is 147 Å². The van der Waals surface area contributed by atoms with Gasteiger partial charge in [-0.15, -0.1) is 0 Å². The second kappa shape index (κ2) is 5.05. The molecular weight excluding hydrogens is 392 g/mol. The van der Waals surface area contributed by atoms with Crippen molar-refractivity contribution in [3.63, 3.8) is 0 Å². The predicted molar refractivity (Wildman–Crippen MR) is 85.1 cm³/mol. The molecule has 4 saturated heterocycles. The van der Waals surface area contributed by atoms with Crippen molar-refractivity contribution in [2.75, 3.05) is 32.8 Å². The highest BCUT2D eigenvalue weighted by Crippen LogP contribution is 2.52. The maximum atomic E-state index is 3.74. The number of hydrogen-bond acceptors (Lipinski definition) is 1. The molecule has 0 spiro atoms. The molecule has 4 heterocycles. The van der Waals surface area contributed by atoms with Crippen LogP contribution < -0.4 is 17.0 Å². The van der Waals surface area contributed by atoms with Gasteiger partial charge in [-0.25, -0.2) is 0 Å². The molecular formula is C17H24Br2N2. The fourth-order valence-electron chi connectivity index (χ4n) is 5.94. The van der Waals surface area contributed by atoms with Crippen LogP contribution >= 0.6 is 15.9 Å². The van der Waals surface area contributed by atoms with Crippen molar-refractivity contribution in [1.29, 1.82) is 0 Å². The molecule has 5 rings (SSSR count). The molecule has 2 atom stereocenters. The first kappa shape index (κ1) is 16.0. The lowest BCUT2D eigenvalue weighted by Crippen LogP contribution is -3.00. The van der Waals surface area contributed by atoms with E-state index < -0.39 is 0 Å². The van der Waals surface area contributed by atoms with E-state index in [4.69, 9.17) is 0 Å². The highest BCUT2D eigenvalue weighted by Gasteiger charge is 2.60. The van der Waals surface area contributed by atoms with E-state index in [2.05, 4.69) is 58.9 Å². The van der Waals surface area contributed by atoms with Crippen LogP contribution in [0, 0.1) is 10.8 Å². The fourth-order valence-corrected chi connectivity index (χ4v) is 6.35. The molecule has 4 heteroatoms. The number of hydrogen-bond donors (Lipinski definition) is 0. The Balaban J connectivity index is 0.00000132. The minimum absolute atomic E-state index is 0. The summed E-state index contributed by atoms with van der Waals surface area (Å²) in [4.78, 5) is 2.73. The highest BCUT2D eigenvalue weighted by atomic mass is 79.9. The van der Waals surface area contributed by atoms with Crippen molar-refractivity contribution in [3.8, 4) is 0 Å². The number of piperidine rings is 2. The van der Waals surface area contributed by atoms with E-state index in [1.165, 1.54) is 60.3 Å². The van der Waals surface area contributed by atoms with E-state index in [9.17, 15) is 0 Å². The van der Waals surface area contributed by atoms with Gasteiger partial charge in [-0.05, 0) is 12.5 Å². The molecule has 4 aliphatic rings. The Kier molecular flexibility index (Phi) is 3.84. The summed E-state index contributed by atoms with van der Waals surface area (Å²) in [7, 11) is 0. The third-order valence-corrected chi connectivity index (χ3v) is 6.24. The number of rotatable bonds is 2. The molecule has 1 aromatic rings. The molecule has 2 unspecified atom stereocenters. The van der Waals surface area contributed by atoms with Gasteiger partial charge in [0.15, 0.2) is 0 Å². The van der Waals surface area contributed by atoms with Crippen LogP contribution in [0.5, 0.6) is 0 Å². The predicted octanol–water partition coefficient (Wildman–Crippen LogP) is 0.473. The van der Waals surface area contributed by atoms with Gasteiger partial charge in [-0.1, -0.05) is 48.0 Å². The summed E-state index contributed by atoms with van der Waals surface area (Å²) in [5.74, 6) is 0. The zero-order chi connectivity index (χ0) is 14.0. The molecule has 0 amide bonds. The van der Waals surface area contributed by atoms with E-state index in [0.717, 1.165) is 0 Å². The Hall–Kier alpha value is 0.1000. The molecule has 4 bridgehead atoms. The molecule has 0 radical (unpaired) electrons.